The second kappa shape index (κ2) is 6.02. The molecule has 1 aromatic carbocycles. The smallest absolute Gasteiger partial charge is 0.324 e. The first-order valence-corrected chi connectivity index (χ1v) is 11.1. The minimum Gasteiger partial charge on any atom is -0.369 e. The van der Waals surface area contributed by atoms with E-state index in [1.165, 1.54) is 6.26 Å². The van der Waals surface area contributed by atoms with E-state index in [1.807, 2.05) is 30.3 Å². The number of benzene rings is 1. The summed E-state index contributed by atoms with van der Waals surface area (Å²) in [7, 11) is -3.21. The van der Waals surface area contributed by atoms with Crippen molar-refractivity contribution in [1.82, 2.24) is 14.9 Å². The van der Waals surface area contributed by atoms with Crippen molar-refractivity contribution in [2.75, 3.05) is 30.8 Å². The Labute approximate surface area is 157 Å². The molecule has 0 amide bonds. The molecule has 1 spiro atoms. The molecule has 3 aliphatic rings. The zero-order chi connectivity index (χ0) is 18.6. The van der Waals surface area contributed by atoms with E-state index in [-0.39, 0.29) is 23.5 Å². The summed E-state index contributed by atoms with van der Waals surface area (Å²) in [6, 6.07) is 10.2. The number of ether oxygens (including phenoxy) is 1. The SMILES string of the molecule is CS(=O)(=O)NC[C@H]1[C@H]2CN(c3nc(-c4ccccc4)no3)C[C@]23CC[C@H]1O3. The van der Waals surface area contributed by atoms with E-state index >= 15 is 0 Å². The second-order valence-corrected chi connectivity index (χ2v) is 9.63. The van der Waals surface area contributed by atoms with E-state index in [2.05, 4.69) is 19.8 Å². The van der Waals surface area contributed by atoms with Crippen LogP contribution in [0.15, 0.2) is 34.9 Å². The maximum Gasteiger partial charge on any atom is 0.324 e. The number of nitrogens with one attached hydrogen (secondary N) is 1. The van der Waals surface area contributed by atoms with Gasteiger partial charge in [0.1, 0.15) is 0 Å². The normalized spacial score (nSPS) is 32.2. The third-order valence-electron chi connectivity index (χ3n) is 6.08. The molecule has 3 aliphatic heterocycles. The fourth-order valence-electron chi connectivity index (χ4n) is 4.91. The standard InChI is InChI=1S/C18H22N4O4S/c1-27(23,24)19-9-13-14-10-22(11-18(14)8-7-15(13)25-18)17-20-16(21-26-17)12-5-3-2-4-6-12/h2-6,13-15,19H,7-11H2,1H3/t13-,14+,15+,18+/m0/s1. The minimum atomic E-state index is -3.21. The molecule has 0 unspecified atom stereocenters. The van der Waals surface area contributed by atoms with Gasteiger partial charge in [-0.05, 0) is 12.8 Å². The number of hydrogen-bond donors (Lipinski definition) is 1. The zero-order valence-electron chi connectivity index (χ0n) is 15.0. The highest BCUT2D eigenvalue weighted by molar-refractivity contribution is 7.88. The highest BCUT2D eigenvalue weighted by Crippen LogP contribution is 2.55. The topological polar surface area (TPSA) is 97.6 Å². The maximum absolute atomic E-state index is 11.5. The van der Waals surface area contributed by atoms with Crippen LogP contribution in [0.5, 0.6) is 0 Å². The van der Waals surface area contributed by atoms with Gasteiger partial charge < -0.3 is 14.2 Å². The van der Waals surface area contributed by atoms with Crippen LogP contribution in [0.4, 0.5) is 6.01 Å². The van der Waals surface area contributed by atoms with Crippen LogP contribution in [0, 0.1) is 11.8 Å². The van der Waals surface area contributed by atoms with E-state index in [9.17, 15) is 8.42 Å². The van der Waals surface area contributed by atoms with Gasteiger partial charge in [-0.1, -0.05) is 35.5 Å². The Morgan fingerprint density at radius 1 is 1.33 bits per heavy atom. The summed E-state index contributed by atoms with van der Waals surface area (Å²) >= 11 is 0. The van der Waals surface area contributed by atoms with Crippen LogP contribution >= 0.6 is 0 Å². The quantitative estimate of drug-likeness (QED) is 0.821. The Hall–Kier alpha value is -1.97. The molecule has 4 atom stereocenters. The first-order valence-electron chi connectivity index (χ1n) is 9.20. The molecule has 0 radical (unpaired) electrons. The fourth-order valence-corrected chi connectivity index (χ4v) is 5.40. The number of rotatable bonds is 5. The summed E-state index contributed by atoms with van der Waals surface area (Å²) in [6.07, 6.45) is 3.29. The highest BCUT2D eigenvalue weighted by atomic mass is 32.2. The van der Waals surface area contributed by atoms with Gasteiger partial charge >= 0.3 is 6.01 Å². The average molecular weight is 390 g/mol. The van der Waals surface area contributed by atoms with Gasteiger partial charge in [-0.3, -0.25) is 0 Å². The van der Waals surface area contributed by atoms with Gasteiger partial charge in [-0.25, -0.2) is 13.1 Å². The Balaban J connectivity index is 1.35. The summed E-state index contributed by atoms with van der Waals surface area (Å²) in [5.74, 6) is 1.01. The average Bonchev–Trinajstić information content (AvgIpc) is 3.39. The molecule has 8 nitrogen and oxygen atoms in total. The summed E-state index contributed by atoms with van der Waals surface area (Å²) in [5, 5.41) is 4.11. The van der Waals surface area contributed by atoms with Crippen LogP contribution in [-0.2, 0) is 14.8 Å². The van der Waals surface area contributed by atoms with Gasteiger partial charge in [-0.15, -0.1) is 0 Å². The number of anilines is 1. The lowest BCUT2D eigenvalue weighted by molar-refractivity contribution is 0.0139. The molecule has 3 fully saturated rings. The minimum absolute atomic E-state index is 0.133. The van der Waals surface area contributed by atoms with Crippen molar-refractivity contribution >= 4 is 16.0 Å². The number of nitrogens with zero attached hydrogens (tertiary/aromatic N) is 3. The molecule has 5 rings (SSSR count). The molecular formula is C18H22N4O4S. The highest BCUT2D eigenvalue weighted by Gasteiger charge is 2.63. The molecular weight excluding hydrogens is 368 g/mol. The van der Waals surface area contributed by atoms with Crippen LogP contribution in [0.25, 0.3) is 11.4 Å². The summed E-state index contributed by atoms with van der Waals surface area (Å²) in [6.45, 7) is 1.87. The molecule has 0 saturated carbocycles. The first kappa shape index (κ1) is 17.2. The van der Waals surface area contributed by atoms with E-state index in [0.29, 0.717) is 24.9 Å². The van der Waals surface area contributed by atoms with Crippen molar-refractivity contribution in [3.63, 3.8) is 0 Å². The Bertz CT molecular complexity index is 947. The van der Waals surface area contributed by atoms with Gasteiger partial charge in [0.2, 0.25) is 15.8 Å². The predicted octanol–water partition coefficient (Wildman–Crippen LogP) is 1.27. The number of fused-ring (bicyclic) bond motifs is 1. The molecule has 1 N–H and O–H groups in total. The largest absolute Gasteiger partial charge is 0.369 e. The molecule has 1 aromatic heterocycles. The van der Waals surface area contributed by atoms with Crippen LogP contribution < -0.4 is 9.62 Å². The lowest BCUT2D eigenvalue weighted by Gasteiger charge is -2.29. The number of hydrogen-bond acceptors (Lipinski definition) is 7. The van der Waals surface area contributed by atoms with Crippen molar-refractivity contribution < 1.29 is 17.7 Å². The zero-order valence-corrected chi connectivity index (χ0v) is 15.9. The second-order valence-electron chi connectivity index (χ2n) is 7.80. The van der Waals surface area contributed by atoms with E-state index in [0.717, 1.165) is 24.9 Å². The molecule has 27 heavy (non-hydrogen) atoms. The van der Waals surface area contributed by atoms with Crippen molar-refractivity contribution in [3.05, 3.63) is 30.3 Å². The Morgan fingerprint density at radius 2 is 2.15 bits per heavy atom. The molecule has 9 heteroatoms. The van der Waals surface area contributed by atoms with E-state index < -0.39 is 10.0 Å². The predicted molar refractivity (Wildman–Crippen MR) is 98.6 cm³/mol. The summed E-state index contributed by atoms with van der Waals surface area (Å²) in [5.41, 5.74) is 0.688. The van der Waals surface area contributed by atoms with E-state index in [4.69, 9.17) is 9.26 Å². The third-order valence-corrected chi connectivity index (χ3v) is 6.77. The Morgan fingerprint density at radius 3 is 2.93 bits per heavy atom. The van der Waals surface area contributed by atoms with Crippen LogP contribution in [0.1, 0.15) is 12.8 Å². The van der Waals surface area contributed by atoms with Crippen molar-refractivity contribution in [3.8, 4) is 11.4 Å². The van der Waals surface area contributed by atoms with Crippen LogP contribution in [-0.4, -0.2) is 56.2 Å². The number of aromatic nitrogens is 2. The van der Waals surface area contributed by atoms with Crippen molar-refractivity contribution in [2.45, 2.75) is 24.5 Å². The first-order chi connectivity index (χ1) is 12.9. The third kappa shape index (κ3) is 2.94. The number of sulfonamides is 1. The molecule has 4 heterocycles. The van der Waals surface area contributed by atoms with Gasteiger partial charge in [0.05, 0.1) is 24.5 Å². The lowest BCUT2D eigenvalue weighted by atomic mass is 9.74. The van der Waals surface area contributed by atoms with Crippen LogP contribution in [0.3, 0.4) is 0 Å². The van der Waals surface area contributed by atoms with E-state index in [1.54, 1.807) is 0 Å². The van der Waals surface area contributed by atoms with Gasteiger partial charge in [0, 0.05) is 30.5 Å². The van der Waals surface area contributed by atoms with Gasteiger partial charge in [0.15, 0.2) is 0 Å². The summed E-state index contributed by atoms with van der Waals surface area (Å²) in [4.78, 5) is 6.64. The molecule has 2 aromatic rings. The van der Waals surface area contributed by atoms with Gasteiger partial charge in [-0.2, -0.15) is 4.98 Å². The molecule has 3 saturated heterocycles. The molecule has 0 aliphatic carbocycles. The fraction of sp³-hybridized carbons (Fsp3) is 0.556. The maximum atomic E-state index is 11.5. The van der Waals surface area contributed by atoms with Crippen molar-refractivity contribution in [1.29, 1.82) is 0 Å². The monoisotopic (exact) mass is 390 g/mol. The molecule has 144 valence electrons. The van der Waals surface area contributed by atoms with Gasteiger partial charge in [0.25, 0.3) is 0 Å². The summed E-state index contributed by atoms with van der Waals surface area (Å²) < 4.78 is 37.5. The molecule has 2 bridgehead atoms. The van der Waals surface area contributed by atoms with Crippen LogP contribution in [0.2, 0.25) is 0 Å². The Kier molecular flexibility index (Phi) is 3.82. The van der Waals surface area contributed by atoms with Crippen molar-refractivity contribution in [2.24, 2.45) is 11.8 Å². The lowest BCUT2D eigenvalue weighted by Crippen LogP contribution is -2.41.